The zero-order valence-electron chi connectivity index (χ0n) is 16.6. The highest BCUT2D eigenvalue weighted by atomic mass is 16.5. The Morgan fingerprint density at radius 1 is 1.25 bits per heavy atom. The van der Waals surface area contributed by atoms with E-state index in [4.69, 9.17) is 10.5 Å². The predicted molar refractivity (Wildman–Crippen MR) is 112 cm³/mol. The van der Waals surface area contributed by atoms with Crippen molar-refractivity contribution in [2.75, 3.05) is 36.1 Å². The molecule has 0 spiro atoms. The zero-order chi connectivity index (χ0) is 19.9. The van der Waals surface area contributed by atoms with Crippen molar-refractivity contribution in [3.63, 3.8) is 0 Å². The summed E-state index contributed by atoms with van der Waals surface area (Å²) in [5.74, 6) is 1.12. The summed E-state index contributed by atoms with van der Waals surface area (Å²) in [4.78, 5) is 22.5. The van der Waals surface area contributed by atoms with Gasteiger partial charge in [-0.25, -0.2) is 9.97 Å². The van der Waals surface area contributed by atoms with E-state index < -0.39 is 0 Å². The van der Waals surface area contributed by atoms with Crippen molar-refractivity contribution in [2.45, 2.75) is 39.0 Å². The van der Waals surface area contributed by atoms with Gasteiger partial charge in [0, 0.05) is 18.8 Å². The first kappa shape index (κ1) is 19.9. The molecular weight excluding hydrogens is 354 g/mol. The number of anilines is 4. The van der Waals surface area contributed by atoms with Crippen molar-refractivity contribution in [3.8, 4) is 0 Å². The van der Waals surface area contributed by atoms with Gasteiger partial charge in [0.25, 0.3) is 0 Å². The van der Waals surface area contributed by atoms with Crippen LogP contribution in [0.1, 0.15) is 38.2 Å². The lowest BCUT2D eigenvalue weighted by molar-refractivity contribution is -0.146. The molecule has 0 bridgehead atoms. The van der Waals surface area contributed by atoms with E-state index in [1.807, 2.05) is 12.1 Å². The van der Waals surface area contributed by atoms with Gasteiger partial charge in [-0.2, -0.15) is 0 Å². The van der Waals surface area contributed by atoms with E-state index in [-0.39, 0.29) is 11.9 Å². The molecule has 1 aliphatic heterocycles. The number of hydrogen-bond acceptors (Lipinski definition) is 7. The lowest BCUT2D eigenvalue weighted by atomic mass is 9.97. The van der Waals surface area contributed by atoms with E-state index in [0.29, 0.717) is 30.4 Å². The molecule has 2 heterocycles. The quantitative estimate of drug-likeness (QED) is 0.706. The van der Waals surface area contributed by atoms with Crippen LogP contribution in [0.5, 0.6) is 0 Å². The number of nitrogen functional groups attached to an aromatic ring is 1. The average Bonchev–Trinajstić information content (AvgIpc) is 2.74. The number of piperidine rings is 1. The Morgan fingerprint density at radius 2 is 1.96 bits per heavy atom. The van der Waals surface area contributed by atoms with Crippen molar-refractivity contribution in [1.82, 2.24) is 9.97 Å². The normalized spacial score (nSPS) is 14.7. The Hall–Kier alpha value is -2.83. The number of aryl methyl sites for hydroxylation is 1. The number of benzene rings is 1. The molecule has 0 saturated carbocycles. The second kappa shape index (κ2) is 9.39. The van der Waals surface area contributed by atoms with Crippen LogP contribution in [0.15, 0.2) is 30.6 Å². The third kappa shape index (κ3) is 4.71. The lowest BCUT2D eigenvalue weighted by Crippen LogP contribution is -2.37. The fraction of sp³-hybridized carbons (Fsp3) is 0.476. The molecule has 0 amide bonds. The monoisotopic (exact) mass is 383 g/mol. The Morgan fingerprint density at radius 3 is 2.61 bits per heavy atom. The van der Waals surface area contributed by atoms with E-state index in [1.165, 1.54) is 31.8 Å². The van der Waals surface area contributed by atoms with Crippen molar-refractivity contribution in [1.29, 1.82) is 0 Å². The fourth-order valence-electron chi connectivity index (χ4n) is 3.50. The first-order valence-electron chi connectivity index (χ1n) is 9.91. The maximum Gasteiger partial charge on any atom is 0.308 e. The Bertz CT molecular complexity index is 786. The van der Waals surface area contributed by atoms with E-state index in [0.717, 1.165) is 24.9 Å². The van der Waals surface area contributed by atoms with Gasteiger partial charge in [-0.3, -0.25) is 4.79 Å². The molecule has 7 nitrogen and oxygen atoms in total. The van der Waals surface area contributed by atoms with Gasteiger partial charge in [-0.1, -0.05) is 25.5 Å². The number of nitrogens with one attached hydrogen (secondary N) is 1. The highest BCUT2D eigenvalue weighted by Gasteiger charge is 2.27. The van der Waals surface area contributed by atoms with Crippen LogP contribution in [0.25, 0.3) is 0 Å². The van der Waals surface area contributed by atoms with E-state index in [9.17, 15) is 4.79 Å². The molecule has 3 rings (SSSR count). The van der Waals surface area contributed by atoms with Gasteiger partial charge in [0.1, 0.15) is 12.0 Å². The smallest absolute Gasteiger partial charge is 0.308 e. The minimum atomic E-state index is -0.139. The molecule has 150 valence electrons. The van der Waals surface area contributed by atoms with Crippen molar-refractivity contribution < 1.29 is 9.53 Å². The van der Waals surface area contributed by atoms with Crippen LogP contribution in [0, 0.1) is 5.92 Å². The third-order valence-corrected chi connectivity index (χ3v) is 5.23. The molecule has 1 aromatic heterocycles. The second-order valence-electron chi connectivity index (χ2n) is 7.17. The van der Waals surface area contributed by atoms with Crippen molar-refractivity contribution in [3.05, 3.63) is 36.2 Å². The first-order chi connectivity index (χ1) is 13.6. The number of nitrogens with two attached hydrogens (primary N) is 1. The molecule has 0 unspecified atom stereocenters. The summed E-state index contributed by atoms with van der Waals surface area (Å²) < 4.78 is 4.85. The topological polar surface area (TPSA) is 93.4 Å². The van der Waals surface area contributed by atoms with E-state index >= 15 is 0 Å². The largest absolute Gasteiger partial charge is 0.469 e. The van der Waals surface area contributed by atoms with Crippen LogP contribution >= 0.6 is 0 Å². The number of rotatable bonds is 7. The van der Waals surface area contributed by atoms with Crippen LogP contribution in [-0.4, -0.2) is 36.1 Å². The summed E-state index contributed by atoms with van der Waals surface area (Å²) >= 11 is 0. The van der Waals surface area contributed by atoms with Gasteiger partial charge in [0.2, 0.25) is 0 Å². The van der Waals surface area contributed by atoms with Crippen LogP contribution < -0.4 is 16.0 Å². The Balaban J connectivity index is 1.67. The minimum absolute atomic E-state index is 0.0480. The lowest BCUT2D eigenvalue weighted by Gasteiger charge is -2.32. The second-order valence-corrected chi connectivity index (χ2v) is 7.17. The predicted octanol–water partition coefficient (Wildman–Crippen LogP) is 3.53. The number of esters is 1. The average molecular weight is 383 g/mol. The SMILES string of the molecule is CCCCc1ccc(Nc2ncnc(N3CCC(C(=O)OC)CC3)c2N)cc1. The van der Waals surface area contributed by atoms with E-state index in [1.54, 1.807) is 0 Å². The first-order valence-corrected chi connectivity index (χ1v) is 9.91. The van der Waals surface area contributed by atoms with Gasteiger partial charge in [-0.15, -0.1) is 0 Å². The molecule has 3 N–H and O–H groups in total. The molecular formula is C21H29N5O2. The number of carbonyl (C=O) groups is 1. The molecule has 1 saturated heterocycles. The van der Waals surface area contributed by atoms with Gasteiger partial charge in [-0.05, 0) is 43.4 Å². The highest BCUT2D eigenvalue weighted by Crippen LogP contribution is 2.31. The number of unbranched alkanes of at least 4 members (excludes halogenated alkanes) is 1. The molecule has 7 heteroatoms. The molecule has 2 aromatic rings. The van der Waals surface area contributed by atoms with Gasteiger partial charge >= 0.3 is 5.97 Å². The maximum absolute atomic E-state index is 11.7. The van der Waals surface area contributed by atoms with Crippen molar-refractivity contribution in [2.24, 2.45) is 5.92 Å². The summed E-state index contributed by atoms with van der Waals surface area (Å²) in [5, 5.41) is 3.29. The minimum Gasteiger partial charge on any atom is -0.469 e. The molecule has 0 aliphatic carbocycles. The molecule has 28 heavy (non-hydrogen) atoms. The highest BCUT2D eigenvalue weighted by molar-refractivity contribution is 5.78. The summed E-state index contributed by atoms with van der Waals surface area (Å²) in [6, 6.07) is 8.36. The molecule has 1 aromatic carbocycles. The number of ether oxygens (including phenoxy) is 1. The molecule has 1 fully saturated rings. The summed E-state index contributed by atoms with van der Waals surface area (Å²) in [6.45, 7) is 3.63. The van der Waals surface area contributed by atoms with Gasteiger partial charge < -0.3 is 20.7 Å². The molecule has 0 atom stereocenters. The third-order valence-electron chi connectivity index (χ3n) is 5.23. The van der Waals surface area contributed by atoms with Crippen LogP contribution in [0.3, 0.4) is 0 Å². The summed E-state index contributed by atoms with van der Waals surface area (Å²) in [6.07, 6.45) is 6.48. The fourth-order valence-corrected chi connectivity index (χ4v) is 3.50. The number of nitrogens with zero attached hydrogens (tertiary/aromatic N) is 3. The van der Waals surface area contributed by atoms with Crippen LogP contribution in [-0.2, 0) is 16.0 Å². The molecule has 1 aliphatic rings. The number of aromatic nitrogens is 2. The number of methoxy groups -OCH3 is 1. The zero-order valence-corrected chi connectivity index (χ0v) is 16.6. The number of hydrogen-bond donors (Lipinski definition) is 2. The Labute approximate surface area is 166 Å². The maximum atomic E-state index is 11.7. The summed E-state index contributed by atoms with van der Waals surface area (Å²) in [7, 11) is 1.44. The Kier molecular flexibility index (Phi) is 6.68. The van der Waals surface area contributed by atoms with Crippen LogP contribution in [0.2, 0.25) is 0 Å². The summed E-state index contributed by atoms with van der Waals surface area (Å²) in [5.41, 5.74) is 9.16. The molecule has 0 radical (unpaired) electrons. The van der Waals surface area contributed by atoms with Crippen molar-refractivity contribution >= 4 is 29.0 Å². The standard InChI is InChI=1S/C21H29N5O2/c1-3-4-5-15-6-8-17(9-7-15)25-19-18(22)20(24-14-23-19)26-12-10-16(11-13-26)21(27)28-2/h6-9,14,16H,3-5,10-13,22H2,1-2H3,(H,23,24,25). The van der Waals surface area contributed by atoms with Crippen LogP contribution in [0.4, 0.5) is 23.0 Å². The van der Waals surface area contributed by atoms with E-state index in [2.05, 4.69) is 39.2 Å². The number of carbonyl (C=O) groups excluding carboxylic acids is 1. The van der Waals surface area contributed by atoms with Gasteiger partial charge in [0.05, 0.1) is 13.0 Å². The van der Waals surface area contributed by atoms with Gasteiger partial charge in [0.15, 0.2) is 11.6 Å².